The van der Waals surface area contributed by atoms with Gasteiger partial charge in [-0.25, -0.2) is 0 Å². The third-order valence-electron chi connectivity index (χ3n) is 3.26. The van der Waals surface area contributed by atoms with Crippen LogP contribution in [0.5, 0.6) is 11.5 Å². The quantitative estimate of drug-likeness (QED) is 0.422. The normalized spacial score (nSPS) is 12.9. The Kier molecular flexibility index (Phi) is 6.85. The molecule has 14 heteroatoms. The predicted molar refractivity (Wildman–Crippen MR) is 76.2 cm³/mol. The number of phenolic OH excluding ortho intramolecular Hbond substituents is 2. The van der Waals surface area contributed by atoms with E-state index in [-0.39, 0.29) is 24.3 Å². The van der Waals surface area contributed by atoms with Crippen LogP contribution in [0.3, 0.4) is 0 Å². The van der Waals surface area contributed by atoms with Crippen LogP contribution in [0.1, 0.15) is 22.3 Å². The molecule has 0 aromatic heterocycles. The monoisotopic (exact) mass is 460 g/mol. The van der Waals surface area contributed by atoms with Gasteiger partial charge in [-0.2, -0.15) is 52.7 Å². The van der Waals surface area contributed by atoms with Crippen LogP contribution in [-0.2, 0) is 24.7 Å². The predicted octanol–water partition coefficient (Wildman–Crippen LogP) is 6.86. The molecule has 2 nitrogen and oxygen atoms in total. The molecule has 0 heterocycles. The first kappa shape index (κ1) is 25.2. The van der Waals surface area contributed by atoms with Crippen molar-refractivity contribution >= 4 is 0 Å². The van der Waals surface area contributed by atoms with Gasteiger partial charge in [-0.15, -0.1) is 0 Å². The van der Waals surface area contributed by atoms with Crippen LogP contribution in [0.2, 0.25) is 0 Å². The number of aromatic hydroxyl groups is 2. The molecule has 0 unspecified atom stereocenters. The Labute approximate surface area is 159 Å². The van der Waals surface area contributed by atoms with E-state index in [2.05, 4.69) is 0 Å². The zero-order valence-corrected chi connectivity index (χ0v) is 13.9. The summed E-state index contributed by atoms with van der Waals surface area (Å²) in [7, 11) is 0. The Hall–Kier alpha value is -2.80. The van der Waals surface area contributed by atoms with Crippen LogP contribution < -0.4 is 0 Å². The molecule has 0 spiro atoms. The summed E-state index contributed by atoms with van der Waals surface area (Å²) in [6.07, 6.45) is -19.5. The number of rotatable bonds is 0. The van der Waals surface area contributed by atoms with E-state index in [4.69, 9.17) is 10.2 Å². The lowest BCUT2D eigenvalue weighted by Crippen LogP contribution is -2.10. The first-order chi connectivity index (χ1) is 13.2. The van der Waals surface area contributed by atoms with Crippen molar-refractivity contribution in [2.75, 3.05) is 0 Å². The number of hydrogen-bond acceptors (Lipinski definition) is 2. The van der Waals surface area contributed by atoms with Gasteiger partial charge in [0.15, 0.2) is 0 Å². The lowest BCUT2D eigenvalue weighted by atomic mass is 10.1. The third kappa shape index (κ3) is 6.62. The molecule has 2 N–H and O–H groups in total. The van der Waals surface area contributed by atoms with Gasteiger partial charge in [-0.1, -0.05) is 0 Å². The first-order valence-electron chi connectivity index (χ1n) is 7.19. The Balaban J connectivity index is 0.000000300. The highest BCUT2D eigenvalue weighted by Crippen LogP contribution is 2.40. The van der Waals surface area contributed by atoms with Crippen LogP contribution in [0, 0.1) is 0 Å². The molecule has 0 aliphatic heterocycles. The molecule has 0 atom stereocenters. The lowest BCUT2D eigenvalue weighted by molar-refractivity contribution is -0.144. The molecule has 2 rings (SSSR count). The molecule has 0 fully saturated rings. The lowest BCUT2D eigenvalue weighted by Gasteiger charge is -2.12. The highest BCUT2D eigenvalue weighted by Gasteiger charge is 2.39. The van der Waals surface area contributed by atoms with Gasteiger partial charge in [0, 0.05) is 0 Å². The summed E-state index contributed by atoms with van der Waals surface area (Å²) in [6.45, 7) is 0. The molecule has 0 aliphatic carbocycles. The summed E-state index contributed by atoms with van der Waals surface area (Å²) in [5, 5.41) is 17.5. The van der Waals surface area contributed by atoms with Crippen LogP contribution >= 0.6 is 0 Å². The van der Waals surface area contributed by atoms with Gasteiger partial charge in [0.2, 0.25) is 0 Å². The molecule has 168 valence electrons. The smallest absolute Gasteiger partial charge is 0.419 e. The van der Waals surface area contributed by atoms with Crippen molar-refractivity contribution in [1.82, 2.24) is 0 Å². The highest BCUT2D eigenvalue weighted by molar-refractivity contribution is 5.40. The molecule has 0 bridgehead atoms. The number of halogens is 12. The zero-order valence-electron chi connectivity index (χ0n) is 13.9. The fraction of sp³-hybridized carbons (Fsp3) is 0.250. The van der Waals surface area contributed by atoms with E-state index in [1.807, 2.05) is 0 Å². The van der Waals surface area contributed by atoms with Gasteiger partial charge in [0.05, 0.1) is 22.3 Å². The molecule has 0 aliphatic rings. The van der Waals surface area contributed by atoms with Crippen LogP contribution in [0.15, 0.2) is 36.4 Å². The van der Waals surface area contributed by atoms with E-state index >= 15 is 0 Å². The van der Waals surface area contributed by atoms with Gasteiger partial charge in [0.25, 0.3) is 0 Å². The van der Waals surface area contributed by atoms with Crippen molar-refractivity contribution in [2.24, 2.45) is 0 Å². The van der Waals surface area contributed by atoms with E-state index in [9.17, 15) is 52.7 Å². The van der Waals surface area contributed by atoms with Gasteiger partial charge < -0.3 is 10.2 Å². The van der Waals surface area contributed by atoms with Crippen LogP contribution in [0.4, 0.5) is 52.7 Å². The largest absolute Gasteiger partial charge is 0.507 e. The van der Waals surface area contributed by atoms with Crippen LogP contribution in [-0.4, -0.2) is 10.2 Å². The molecule has 0 radical (unpaired) electrons. The van der Waals surface area contributed by atoms with Crippen molar-refractivity contribution in [1.29, 1.82) is 0 Å². The maximum atomic E-state index is 12.1. The summed E-state index contributed by atoms with van der Waals surface area (Å²) in [5.41, 5.74) is -5.96. The molecule has 30 heavy (non-hydrogen) atoms. The summed E-state index contributed by atoms with van der Waals surface area (Å²) in [5.74, 6) is -2.66. The van der Waals surface area contributed by atoms with E-state index in [1.54, 1.807) is 0 Å². The SMILES string of the molecule is Oc1cc(C(F)(F)F)ccc1C(F)(F)F.Oc1ccc(C(F)(F)F)cc1C(F)(F)F. The molecular formula is C16H8F12O2. The van der Waals surface area contributed by atoms with Crippen LogP contribution in [0.25, 0.3) is 0 Å². The number of benzene rings is 2. The fourth-order valence-electron chi connectivity index (χ4n) is 1.89. The maximum absolute atomic E-state index is 12.1. The molecule has 2 aromatic carbocycles. The molecule has 0 saturated carbocycles. The Morgan fingerprint density at radius 3 is 1.20 bits per heavy atom. The van der Waals surface area contributed by atoms with Gasteiger partial charge >= 0.3 is 24.7 Å². The summed E-state index contributed by atoms with van der Waals surface area (Å²) >= 11 is 0. The number of alkyl halides is 12. The zero-order chi connectivity index (χ0) is 23.7. The van der Waals surface area contributed by atoms with E-state index in [1.165, 1.54) is 0 Å². The van der Waals surface area contributed by atoms with E-state index in [0.29, 0.717) is 12.1 Å². The Morgan fingerprint density at radius 1 is 0.433 bits per heavy atom. The van der Waals surface area contributed by atoms with E-state index in [0.717, 1.165) is 0 Å². The highest BCUT2D eigenvalue weighted by atomic mass is 19.4. The summed E-state index contributed by atoms with van der Waals surface area (Å²) < 4.78 is 145. The third-order valence-corrected chi connectivity index (χ3v) is 3.26. The van der Waals surface area contributed by atoms with Gasteiger partial charge in [-0.05, 0) is 36.4 Å². The topological polar surface area (TPSA) is 40.5 Å². The van der Waals surface area contributed by atoms with Crippen molar-refractivity contribution in [3.63, 3.8) is 0 Å². The first-order valence-corrected chi connectivity index (χ1v) is 7.19. The van der Waals surface area contributed by atoms with Crippen molar-refractivity contribution < 1.29 is 62.9 Å². The second kappa shape index (κ2) is 8.14. The number of phenols is 2. The molecule has 2 aromatic rings. The van der Waals surface area contributed by atoms with Gasteiger partial charge in [-0.3, -0.25) is 0 Å². The fourth-order valence-corrected chi connectivity index (χ4v) is 1.89. The molecule has 0 saturated heterocycles. The second-order valence-electron chi connectivity index (χ2n) is 5.45. The second-order valence-corrected chi connectivity index (χ2v) is 5.45. The van der Waals surface area contributed by atoms with E-state index < -0.39 is 58.5 Å². The van der Waals surface area contributed by atoms with Crippen molar-refractivity contribution in [3.8, 4) is 11.5 Å². The minimum atomic E-state index is -5.01. The molecular weight excluding hydrogens is 452 g/mol. The number of hydrogen-bond donors (Lipinski definition) is 2. The summed E-state index contributed by atoms with van der Waals surface area (Å²) in [4.78, 5) is 0. The maximum Gasteiger partial charge on any atom is 0.419 e. The Morgan fingerprint density at radius 2 is 0.833 bits per heavy atom. The summed E-state index contributed by atoms with van der Waals surface area (Å²) in [6, 6.07) is 1.12. The average molecular weight is 460 g/mol. The average Bonchev–Trinajstić information content (AvgIpc) is 2.51. The molecule has 0 amide bonds. The van der Waals surface area contributed by atoms with Crippen molar-refractivity contribution in [3.05, 3.63) is 58.7 Å². The minimum absolute atomic E-state index is 0.0445. The van der Waals surface area contributed by atoms with Gasteiger partial charge in [0.1, 0.15) is 11.5 Å². The minimum Gasteiger partial charge on any atom is -0.507 e. The van der Waals surface area contributed by atoms with Crippen molar-refractivity contribution in [2.45, 2.75) is 24.7 Å². The Bertz CT molecular complexity index is 876. The standard InChI is InChI=1S/2C8H4F6O/c9-7(10,11)4-1-2-6(15)5(3-4)8(12,13)14;9-7(10,11)4-1-2-5(6(15)3-4)8(12,13)14/h2*1-3,15H.